The van der Waals surface area contributed by atoms with E-state index in [2.05, 4.69) is 38.1 Å². The van der Waals surface area contributed by atoms with E-state index >= 15 is 0 Å². The van der Waals surface area contributed by atoms with Crippen molar-refractivity contribution in [1.82, 2.24) is 0 Å². The number of hydrogen-bond donors (Lipinski definition) is 1. The number of phenolic OH excluding ortho intramolecular Hbond substituents is 1. The summed E-state index contributed by atoms with van der Waals surface area (Å²) in [4.78, 5) is 0. The van der Waals surface area contributed by atoms with E-state index in [0.717, 1.165) is 24.0 Å². The Morgan fingerprint density at radius 3 is 1.94 bits per heavy atom. The molecule has 0 heterocycles. The molecule has 0 saturated heterocycles. The van der Waals surface area contributed by atoms with Gasteiger partial charge in [-0.15, -0.1) is 0 Å². The van der Waals surface area contributed by atoms with Gasteiger partial charge in [-0.2, -0.15) is 0 Å². The molecule has 170 valence electrons. The van der Waals surface area contributed by atoms with Gasteiger partial charge in [0.05, 0.1) is 7.11 Å². The van der Waals surface area contributed by atoms with Crippen LogP contribution in [0.1, 0.15) is 87.5 Å². The van der Waals surface area contributed by atoms with Crippen molar-refractivity contribution in [3.8, 4) is 11.5 Å². The Kier molecular flexibility index (Phi) is 9.31. The molecule has 2 aromatic carbocycles. The summed E-state index contributed by atoms with van der Waals surface area (Å²) in [5.74, 6) is 3.34. The van der Waals surface area contributed by atoms with Crippen LogP contribution >= 0.6 is 0 Å². The van der Waals surface area contributed by atoms with Crippen molar-refractivity contribution in [3.63, 3.8) is 0 Å². The third-order valence-electron chi connectivity index (χ3n) is 7.25. The van der Waals surface area contributed by atoms with Crippen LogP contribution in [0.3, 0.4) is 0 Å². The molecule has 2 atom stereocenters. The Balaban J connectivity index is 0.000000176. The molecule has 2 heteroatoms. The van der Waals surface area contributed by atoms with E-state index in [-0.39, 0.29) is 0 Å². The summed E-state index contributed by atoms with van der Waals surface area (Å²) in [7, 11) is 1.78. The van der Waals surface area contributed by atoms with Crippen LogP contribution in [0, 0.1) is 11.8 Å². The second kappa shape index (κ2) is 12.2. The number of fused-ring (bicyclic) bond motifs is 2. The standard InChI is InChI=1S/C15H22O.C14H20O/c1-3-4-6-12-9-10-14-13(11-12)7-5-8-15(14)16-2;1-2-3-5-11-8-9-13-12(10-11)6-4-7-14(13)15/h5,7-8,12H,3-4,6,9-11H2,1-2H3;4,6-7,11,15H,2-3,5,8-10H2,1H3/t12-;11-/m00/s1. The molecule has 1 N–H and O–H groups in total. The normalized spacial score (nSPS) is 19.6. The quantitative estimate of drug-likeness (QED) is 0.496. The predicted molar refractivity (Wildman–Crippen MR) is 131 cm³/mol. The molecule has 0 aliphatic heterocycles. The van der Waals surface area contributed by atoms with Gasteiger partial charge in [0.2, 0.25) is 0 Å². The van der Waals surface area contributed by atoms with Gasteiger partial charge in [-0.25, -0.2) is 0 Å². The SMILES string of the molecule is CCCC[C@H]1CCc2c(O)cccc2C1.CCCC[C@H]1CCc2c(cccc2OC)C1. The number of benzene rings is 2. The number of phenols is 1. The Morgan fingerprint density at radius 1 is 0.806 bits per heavy atom. The van der Waals surface area contributed by atoms with Gasteiger partial charge < -0.3 is 9.84 Å². The molecule has 0 amide bonds. The van der Waals surface area contributed by atoms with Crippen LogP contribution in [-0.4, -0.2) is 12.2 Å². The topological polar surface area (TPSA) is 29.5 Å². The highest BCUT2D eigenvalue weighted by Crippen LogP contribution is 2.34. The molecule has 0 fully saturated rings. The van der Waals surface area contributed by atoms with Crippen LogP contribution in [0.25, 0.3) is 0 Å². The molecule has 0 spiro atoms. The second-order valence-corrected chi connectivity index (χ2v) is 9.51. The summed E-state index contributed by atoms with van der Waals surface area (Å²) in [5, 5.41) is 9.72. The lowest BCUT2D eigenvalue weighted by Crippen LogP contribution is -2.15. The Labute approximate surface area is 190 Å². The van der Waals surface area contributed by atoms with Crippen molar-refractivity contribution >= 4 is 0 Å². The molecule has 0 aromatic heterocycles. The minimum Gasteiger partial charge on any atom is -0.508 e. The summed E-state index contributed by atoms with van der Waals surface area (Å²) in [5.41, 5.74) is 5.55. The summed E-state index contributed by atoms with van der Waals surface area (Å²) in [6, 6.07) is 12.4. The van der Waals surface area contributed by atoms with E-state index in [1.807, 2.05) is 12.1 Å². The average Bonchev–Trinajstić information content (AvgIpc) is 2.81. The van der Waals surface area contributed by atoms with Crippen LogP contribution in [0.5, 0.6) is 11.5 Å². The summed E-state index contributed by atoms with van der Waals surface area (Å²) in [6.45, 7) is 4.53. The molecule has 4 rings (SSSR count). The van der Waals surface area contributed by atoms with E-state index < -0.39 is 0 Å². The molecule has 0 bridgehead atoms. The maximum absolute atomic E-state index is 9.72. The average molecular weight is 423 g/mol. The molecular weight excluding hydrogens is 380 g/mol. The molecule has 0 saturated carbocycles. The first-order valence-corrected chi connectivity index (χ1v) is 12.6. The van der Waals surface area contributed by atoms with Crippen molar-refractivity contribution in [2.75, 3.05) is 7.11 Å². The third kappa shape index (κ3) is 6.51. The highest BCUT2D eigenvalue weighted by Gasteiger charge is 2.21. The van der Waals surface area contributed by atoms with Crippen LogP contribution in [0.2, 0.25) is 0 Å². The minimum absolute atomic E-state index is 0.501. The number of rotatable bonds is 7. The highest BCUT2D eigenvalue weighted by molar-refractivity contribution is 5.42. The molecular formula is C29H42O2. The molecule has 2 aliphatic rings. The number of methoxy groups -OCH3 is 1. The zero-order chi connectivity index (χ0) is 22.1. The van der Waals surface area contributed by atoms with E-state index in [1.165, 1.54) is 92.9 Å². The number of ether oxygens (including phenoxy) is 1. The maximum Gasteiger partial charge on any atom is 0.122 e. The third-order valence-corrected chi connectivity index (χ3v) is 7.25. The summed E-state index contributed by atoms with van der Waals surface area (Å²) in [6.07, 6.45) is 15.4. The molecule has 31 heavy (non-hydrogen) atoms. The van der Waals surface area contributed by atoms with Gasteiger partial charge in [0.25, 0.3) is 0 Å². The Hall–Kier alpha value is -1.96. The highest BCUT2D eigenvalue weighted by atomic mass is 16.5. The molecule has 2 aromatic rings. The van der Waals surface area contributed by atoms with Gasteiger partial charge in [0, 0.05) is 0 Å². The second-order valence-electron chi connectivity index (χ2n) is 9.51. The summed E-state index contributed by atoms with van der Waals surface area (Å²) >= 11 is 0. The first-order valence-electron chi connectivity index (χ1n) is 12.6. The van der Waals surface area contributed by atoms with E-state index in [1.54, 1.807) is 7.11 Å². The zero-order valence-electron chi connectivity index (χ0n) is 20.0. The predicted octanol–water partition coefficient (Wildman–Crippen LogP) is 7.68. The van der Waals surface area contributed by atoms with Crippen molar-refractivity contribution in [1.29, 1.82) is 0 Å². The maximum atomic E-state index is 9.72. The van der Waals surface area contributed by atoms with Crippen LogP contribution in [0.15, 0.2) is 36.4 Å². The Morgan fingerprint density at radius 2 is 1.35 bits per heavy atom. The fraction of sp³-hybridized carbons (Fsp3) is 0.586. The first kappa shape index (κ1) is 23.7. The summed E-state index contributed by atoms with van der Waals surface area (Å²) < 4.78 is 5.43. The molecule has 0 radical (unpaired) electrons. The fourth-order valence-electron chi connectivity index (χ4n) is 5.38. The lowest BCUT2D eigenvalue weighted by atomic mass is 9.81. The van der Waals surface area contributed by atoms with Gasteiger partial charge in [0.15, 0.2) is 0 Å². The molecule has 2 aliphatic carbocycles. The monoisotopic (exact) mass is 422 g/mol. The number of unbranched alkanes of at least 4 members (excludes halogenated alkanes) is 2. The van der Waals surface area contributed by atoms with Crippen molar-refractivity contribution in [2.24, 2.45) is 11.8 Å². The lowest BCUT2D eigenvalue weighted by Gasteiger charge is -2.25. The fourth-order valence-corrected chi connectivity index (χ4v) is 5.38. The smallest absolute Gasteiger partial charge is 0.122 e. The number of hydrogen-bond acceptors (Lipinski definition) is 2. The molecule has 2 nitrogen and oxygen atoms in total. The van der Waals surface area contributed by atoms with Gasteiger partial charge in [-0.05, 0) is 84.7 Å². The van der Waals surface area contributed by atoms with Gasteiger partial charge in [-0.3, -0.25) is 0 Å². The van der Waals surface area contributed by atoms with Gasteiger partial charge in [-0.1, -0.05) is 76.6 Å². The zero-order valence-corrected chi connectivity index (χ0v) is 20.0. The Bertz CT molecular complexity index is 810. The van der Waals surface area contributed by atoms with Crippen molar-refractivity contribution < 1.29 is 9.84 Å². The van der Waals surface area contributed by atoms with E-state index in [9.17, 15) is 5.11 Å². The first-order chi connectivity index (χ1) is 15.2. The van der Waals surface area contributed by atoms with E-state index in [0.29, 0.717) is 5.75 Å². The van der Waals surface area contributed by atoms with E-state index in [4.69, 9.17) is 4.74 Å². The van der Waals surface area contributed by atoms with Gasteiger partial charge in [0.1, 0.15) is 11.5 Å². The number of aromatic hydroxyl groups is 1. The molecule has 0 unspecified atom stereocenters. The van der Waals surface area contributed by atoms with Gasteiger partial charge >= 0.3 is 0 Å². The van der Waals surface area contributed by atoms with Crippen LogP contribution < -0.4 is 4.74 Å². The van der Waals surface area contributed by atoms with Crippen LogP contribution in [-0.2, 0) is 25.7 Å². The largest absolute Gasteiger partial charge is 0.508 e. The van der Waals surface area contributed by atoms with Crippen LogP contribution in [0.4, 0.5) is 0 Å². The van der Waals surface area contributed by atoms with Crippen molar-refractivity contribution in [2.45, 2.75) is 90.9 Å². The lowest BCUT2D eigenvalue weighted by molar-refractivity contribution is 0.383. The minimum atomic E-state index is 0.501. The van der Waals surface area contributed by atoms with Crippen molar-refractivity contribution in [3.05, 3.63) is 58.7 Å².